The second-order valence-corrected chi connectivity index (χ2v) is 5.94. The van der Waals surface area contributed by atoms with Crippen LogP contribution in [0.3, 0.4) is 0 Å². The van der Waals surface area contributed by atoms with E-state index in [4.69, 9.17) is 0 Å². The summed E-state index contributed by atoms with van der Waals surface area (Å²) in [6.07, 6.45) is -4.04. The highest BCUT2D eigenvalue weighted by Crippen LogP contribution is 2.32. The normalized spacial score (nSPS) is 11.9. The Balaban J connectivity index is 2.29. The van der Waals surface area contributed by atoms with Crippen molar-refractivity contribution in [3.8, 4) is 11.3 Å². The molecule has 25 heavy (non-hydrogen) atoms. The van der Waals surface area contributed by atoms with Gasteiger partial charge in [-0.2, -0.15) is 13.2 Å². The predicted molar refractivity (Wildman–Crippen MR) is 86.4 cm³/mol. The Kier molecular flexibility index (Phi) is 4.02. The smallest absolute Gasteiger partial charge is 0.417 e. The third kappa shape index (κ3) is 3.22. The Hall–Kier alpha value is -2.83. The SMILES string of the molecule is Cc1ccc(-c2nc3ccc(C(F)(F)F)cn3c2CC(=O)O)c(C)c1. The minimum absolute atomic E-state index is 0.223. The van der Waals surface area contributed by atoms with E-state index in [1.165, 1.54) is 10.5 Å². The molecule has 7 heteroatoms. The number of pyridine rings is 1. The number of nitrogens with zero attached hydrogens (tertiary/aromatic N) is 2. The van der Waals surface area contributed by atoms with E-state index in [9.17, 15) is 23.1 Å². The molecule has 2 aromatic heterocycles. The molecule has 0 unspecified atom stereocenters. The number of aliphatic carboxylic acids is 1. The van der Waals surface area contributed by atoms with Crippen molar-refractivity contribution in [3.05, 3.63) is 58.9 Å². The van der Waals surface area contributed by atoms with Gasteiger partial charge in [-0.25, -0.2) is 4.98 Å². The third-order valence-electron chi connectivity index (χ3n) is 4.00. The van der Waals surface area contributed by atoms with Crippen LogP contribution in [0, 0.1) is 13.8 Å². The van der Waals surface area contributed by atoms with Crippen molar-refractivity contribution >= 4 is 11.6 Å². The third-order valence-corrected chi connectivity index (χ3v) is 4.00. The van der Waals surface area contributed by atoms with E-state index in [-0.39, 0.29) is 11.3 Å². The molecule has 1 aromatic carbocycles. The first kappa shape index (κ1) is 17.0. The van der Waals surface area contributed by atoms with Gasteiger partial charge in [0.25, 0.3) is 0 Å². The van der Waals surface area contributed by atoms with Crippen molar-refractivity contribution in [2.24, 2.45) is 0 Å². The predicted octanol–water partition coefficient (Wildman–Crippen LogP) is 4.26. The lowest BCUT2D eigenvalue weighted by molar-refractivity contribution is -0.138. The lowest BCUT2D eigenvalue weighted by Gasteiger charge is -2.09. The van der Waals surface area contributed by atoms with Crippen molar-refractivity contribution in [2.45, 2.75) is 26.4 Å². The maximum Gasteiger partial charge on any atom is 0.417 e. The van der Waals surface area contributed by atoms with Crippen molar-refractivity contribution in [1.29, 1.82) is 0 Å². The number of aromatic nitrogens is 2. The van der Waals surface area contributed by atoms with Crippen LogP contribution in [0.25, 0.3) is 16.9 Å². The van der Waals surface area contributed by atoms with Gasteiger partial charge in [0.15, 0.2) is 0 Å². The zero-order valence-electron chi connectivity index (χ0n) is 13.6. The number of hydrogen-bond donors (Lipinski definition) is 1. The van der Waals surface area contributed by atoms with Crippen LogP contribution in [0.15, 0.2) is 36.5 Å². The van der Waals surface area contributed by atoms with E-state index in [0.29, 0.717) is 11.3 Å². The lowest BCUT2D eigenvalue weighted by atomic mass is 10.0. The zero-order valence-corrected chi connectivity index (χ0v) is 13.6. The van der Waals surface area contributed by atoms with E-state index in [1.54, 1.807) is 0 Å². The molecule has 0 spiro atoms. The molecule has 0 aliphatic carbocycles. The second kappa shape index (κ2) is 5.91. The second-order valence-electron chi connectivity index (χ2n) is 5.94. The molecular weight excluding hydrogens is 333 g/mol. The molecule has 0 saturated carbocycles. The van der Waals surface area contributed by atoms with Crippen LogP contribution in [0.2, 0.25) is 0 Å². The number of carbonyl (C=O) groups is 1. The molecule has 0 saturated heterocycles. The summed E-state index contributed by atoms with van der Waals surface area (Å²) >= 11 is 0. The van der Waals surface area contributed by atoms with E-state index in [2.05, 4.69) is 4.98 Å². The van der Waals surface area contributed by atoms with Crippen LogP contribution < -0.4 is 0 Å². The first-order valence-electron chi connectivity index (χ1n) is 7.54. The highest BCUT2D eigenvalue weighted by Gasteiger charge is 2.31. The number of hydrogen-bond acceptors (Lipinski definition) is 2. The molecule has 4 nitrogen and oxygen atoms in total. The fourth-order valence-electron chi connectivity index (χ4n) is 2.87. The minimum Gasteiger partial charge on any atom is -0.481 e. The van der Waals surface area contributed by atoms with E-state index >= 15 is 0 Å². The molecule has 0 radical (unpaired) electrons. The molecule has 0 aliphatic heterocycles. The van der Waals surface area contributed by atoms with Crippen LogP contribution in [-0.4, -0.2) is 20.5 Å². The summed E-state index contributed by atoms with van der Waals surface area (Å²) in [7, 11) is 0. The maximum atomic E-state index is 13.0. The first-order valence-corrected chi connectivity index (χ1v) is 7.54. The molecule has 0 atom stereocenters. The highest BCUT2D eigenvalue weighted by atomic mass is 19.4. The van der Waals surface area contributed by atoms with Crippen molar-refractivity contribution in [3.63, 3.8) is 0 Å². The summed E-state index contributed by atoms with van der Waals surface area (Å²) in [5.41, 5.74) is 2.66. The summed E-state index contributed by atoms with van der Waals surface area (Å²) in [6.45, 7) is 3.78. The van der Waals surface area contributed by atoms with Gasteiger partial charge in [0, 0.05) is 11.8 Å². The Morgan fingerprint density at radius 2 is 1.92 bits per heavy atom. The standard InChI is InChI=1S/C18H15F3N2O2/c1-10-3-5-13(11(2)7-10)17-14(8-16(24)25)23-9-12(18(19,20)21)4-6-15(23)22-17/h3-7,9H,8H2,1-2H3,(H,24,25). The van der Waals surface area contributed by atoms with Crippen LogP contribution in [0.4, 0.5) is 13.2 Å². The minimum atomic E-state index is -4.51. The topological polar surface area (TPSA) is 54.6 Å². The number of imidazole rings is 1. The van der Waals surface area contributed by atoms with Crippen LogP contribution in [0.5, 0.6) is 0 Å². The largest absolute Gasteiger partial charge is 0.481 e. The van der Waals surface area contributed by atoms with Crippen LogP contribution in [0.1, 0.15) is 22.4 Å². The quantitative estimate of drug-likeness (QED) is 0.769. The molecule has 1 N–H and O–H groups in total. The van der Waals surface area contributed by atoms with Gasteiger partial charge in [0.2, 0.25) is 0 Å². The Bertz CT molecular complexity index is 974. The Labute approximate surface area is 141 Å². The molecule has 0 amide bonds. The summed E-state index contributed by atoms with van der Waals surface area (Å²) < 4.78 is 40.2. The van der Waals surface area contributed by atoms with Gasteiger partial charge >= 0.3 is 12.1 Å². The number of benzene rings is 1. The fraction of sp³-hybridized carbons (Fsp3) is 0.222. The number of rotatable bonds is 3. The monoisotopic (exact) mass is 348 g/mol. The maximum absolute atomic E-state index is 13.0. The van der Waals surface area contributed by atoms with Gasteiger partial charge in [-0.1, -0.05) is 23.8 Å². The lowest BCUT2D eigenvalue weighted by Crippen LogP contribution is -2.09. The van der Waals surface area contributed by atoms with Crippen LogP contribution >= 0.6 is 0 Å². The van der Waals surface area contributed by atoms with E-state index in [0.717, 1.165) is 23.4 Å². The van der Waals surface area contributed by atoms with Gasteiger partial charge in [-0.15, -0.1) is 0 Å². The number of fused-ring (bicyclic) bond motifs is 1. The summed E-state index contributed by atoms with van der Waals surface area (Å²) in [6, 6.07) is 7.78. The van der Waals surface area contributed by atoms with Crippen molar-refractivity contribution in [1.82, 2.24) is 9.38 Å². The van der Waals surface area contributed by atoms with Gasteiger partial charge in [0.1, 0.15) is 5.65 Å². The molecule has 2 heterocycles. The Morgan fingerprint density at radius 3 is 2.52 bits per heavy atom. The summed E-state index contributed by atoms with van der Waals surface area (Å²) in [5, 5.41) is 9.20. The number of carboxylic acids is 1. The average Bonchev–Trinajstić information content (AvgIpc) is 2.83. The molecule has 3 aromatic rings. The number of aryl methyl sites for hydroxylation is 2. The highest BCUT2D eigenvalue weighted by molar-refractivity contribution is 5.77. The first-order chi connectivity index (χ1) is 11.7. The van der Waals surface area contributed by atoms with Gasteiger partial charge in [0.05, 0.1) is 23.4 Å². The van der Waals surface area contributed by atoms with Gasteiger partial charge in [-0.05, 0) is 31.5 Å². The summed E-state index contributed by atoms with van der Waals surface area (Å²) in [5.74, 6) is -1.13. The number of carboxylic acid groups (broad SMARTS) is 1. The molecule has 130 valence electrons. The van der Waals surface area contributed by atoms with Gasteiger partial charge in [-0.3, -0.25) is 4.79 Å². The van der Waals surface area contributed by atoms with Crippen molar-refractivity contribution in [2.75, 3.05) is 0 Å². The van der Waals surface area contributed by atoms with E-state index in [1.807, 2.05) is 32.0 Å². The molecular formula is C18H15F3N2O2. The molecule has 0 aliphatic rings. The summed E-state index contributed by atoms with van der Waals surface area (Å²) in [4.78, 5) is 15.6. The van der Waals surface area contributed by atoms with Crippen LogP contribution in [-0.2, 0) is 17.4 Å². The zero-order chi connectivity index (χ0) is 18.4. The van der Waals surface area contributed by atoms with Crippen molar-refractivity contribution < 1.29 is 23.1 Å². The average molecular weight is 348 g/mol. The molecule has 3 rings (SSSR count). The number of halogens is 3. The molecule has 0 bridgehead atoms. The molecule has 0 fully saturated rings. The fourth-order valence-corrected chi connectivity index (χ4v) is 2.87. The Morgan fingerprint density at radius 1 is 1.20 bits per heavy atom. The van der Waals surface area contributed by atoms with E-state index < -0.39 is 24.1 Å². The number of alkyl halides is 3. The van der Waals surface area contributed by atoms with Gasteiger partial charge < -0.3 is 9.51 Å².